The van der Waals surface area contributed by atoms with E-state index >= 15 is 0 Å². The average Bonchev–Trinajstić information content (AvgIpc) is 3.65. The minimum absolute atomic E-state index is 0. The van der Waals surface area contributed by atoms with Crippen LogP contribution in [-0.2, 0) is 40.3 Å². The van der Waals surface area contributed by atoms with Gasteiger partial charge in [0, 0.05) is 38.4 Å². The van der Waals surface area contributed by atoms with E-state index in [-0.39, 0.29) is 50.2 Å². The first-order chi connectivity index (χ1) is 25.7. The van der Waals surface area contributed by atoms with Crippen molar-refractivity contribution in [3.63, 3.8) is 0 Å². The Morgan fingerprint density at radius 2 is 1.21 bits per heavy atom. The number of nitrogen functional groups attached to an aromatic ring is 2. The zero-order valence-electron chi connectivity index (χ0n) is 29.6. The number of amides is 4. The number of halogens is 6. The highest BCUT2D eigenvalue weighted by Crippen LogP contribution is 2.25. The van der Waals surface area contributed by atoms with E-state index in [1.165, 1.54) is 0 Å². The molecule has 3 atom stereocenters. The van der Waals surface area contributed by atoms with E-state index in [0.29, 0.717) is 63.1 Å². The Labute approximate surface area is 356 Å². The van der Waals surface area contributed by atoms with Crippen molar-refractivity contribution in [1.82, 2.24) is 30.8 Å². The third-order valence-corrected chi connectivity index (χ3v) is 9.74. The Kier molecular flexibility index (Phi) is 19.7. The van der Waals surface area contributed by atoms with Crippen LogP contribution in [0.3, 0.4) is 0 Å². The lowest BCUT2D eigenvalue weighted by Gasteiger charge is -2.24. The first-order valence-corrected chi connectivity index (χ1v) is 18.1. The second-order valence-corrected chi connectivity index (χ2v) is 14.0. The molecule has 4 aromatic rings. The van der Waals surface area contributed by atoms with Gasteiger partial charge in [-0.3, -0.25) is 19.3 Å². The number of hydrogen-bond acceptors (Lipinski definition) is 9. The van der Waals surface area contributed by atoms with Crippen molar-refractivity contribution in [3.8, 4) is 0 Å². The number of likely N-dealkylation sites (tertiary alicyclic amines) is 1. The summed E-state index contributed by atoms with van der Waals surface area (Å²) in [4.78, 5) is 58.2. The van der Waals surface area contributed by atoms with Crippen molar-refractivity contribution in [3.05, 3.63) is 115 Å². The smallest absolute Gasteiger partial charge is 0.407 e. The zero-order chi connectivity index (χ0) is 39.4. The molecule has 2 aromatic heterocycles. The summed E-state index contributed by atoms with van der Waals surface area (Å²) in [5.41, 5.74) is 20.1. The molecule has 0 unspecified atom stereocenters. The summed E-state index contributed by atoms with van der Waals surface area (Å²) in [5, 5.41) is 19.2. The Hall–Kier alpha value is -4.28. The number of benzene rings is 2. The van der Waals surface area contributed by atoms with Gasteiger partial charge in [0.25, 0.3) is 0 Å². The Morgan fingerprint density at radius 1 is 0.732 bits per heavy atom. The predicted molar refractivity (Wildman–Crippen MR) is 223 cm³/mol. The summed E-state index contributed by atoms with van der Waals surface area (Å²) < 4.78 is 0. The number of anilines is 2. The highest BCUT2D eigenvalue weighted by molar-refractivity contribution is 6.42. The molecule has 1 aliphatic rings. The quantitative estimate of drug-likeness (QED) is 0.0950. The third kappa shape index (κ3) is 14.7. The van der Waals surface area contributed by atoms with E-state index in [4.69, 9.17) is 63.6 Å². The summed E-state index contributed by atoms with van der Waals surface area (Å²) in [6, 6.07) is 14.5. The van der Waals surface area contributed by atoms with Gasteiger partial charge in [0.15, 0.2) is 0 Å². The maximum atomic E-state index is 12.9. The van der Waals surface area contributed by atoms with Crippen LogP contribution < -0.4 is 33.2 Å². The molecule has 56 heavy (non-hydrogen) atoms. The van der Waals surface area contributed by atoms with Crippen molar-refractivity contribution in [2.75, 3.05) is 18.0 Å². The number of carbonyl (C=O) groups is 4. The Balaban J connectivity index is 0.000000398. The molecule has 1 fully saturated rings. The molecule has 20 heteroatoms. The van der Waals surface area contributed by atoms with Gasteiger partial charge in [0.1, 0.15) is 23.7 Å². The molecule has 302 valence electrons. The summed E-state index contributed by atoms with van der Waals surface area (Å²) in [5.74, 6) is -0.390. The molecule has 0 bridgehead atoms. The van der Waals surface area contributed by atoms with Gasteiger partial charge < -0.3 is 38.3 Å². The summed E-state index contributed by atoms with van der Waals surface area (Å²) in [7, 11) is 0. The largest absolute Gasteiger partial charge is 0.465 e. The Bertz CT molecular complexity index is 1940. The minimum atomic E-state index is -1.16. The summed E-state index contributed by atoms with van der Waals surface area (Å²) in [6.07, 6.45) is 3.50. The highest BCUT2D eigenvalue weighted by atomic mass is 35.5. The molecular formula is C36H41Cl6N9O5. The normalized spacial score (nSPS) is 14.1. The van der Waals surface area contributed by atoms with Crippen LogP contribution in [0.4, 0.5) is 16.4 Å². The molecule has 14 nitrogen and oxygen atoms in total. The van der Waals surface area contributed by atoms with Gasteiger partial charge in [-0.05, 0) is 77.9 Å². The predicted octanol–water partition coefficient (Wildman–Crippen LogP) is 5.46. The van der Waals surface area contributed by atoms with Crippen LogP contribution in [0.15, 0.2) is 73.1 Å². The van der Waals surface area contributed by atoms with Gasteiger partial charge in [-0.25, -0.2) is 14.8 Å². The van der Waals surface area contributed by atoms with E-state index in [1.54, 1.807) is 73.1 Å². The van der Waals surface area contributed by atoms with Gasteiger partial charge in [0.2, 0.25) is 17.7 Å². The van der Waals surface area contributed by atoms with Crippen molar-refractivity contribution in [2.24, 2.45) is 5.73 Å². The van der Waals surface area contributed by atoms with Crippen LogP contribution in [0.2, 0.25) is 20.1 Å². The molecule has 5 rings (SSSR count). The monoisotopic (exact) mass is 889 g/mol. The fraction of sp³-hybridized carbons (Fsp3) is 0.278. The molecule has 1 aliphatic heterocycles. The topological polar surface area (TPSA) is 232 Å². The van der Waals surface area contributed by atoms with Crippen LogP contribution >= 0.6 is 71.2 Å². The van der Waals surface area contributed by atoms with Gasteiger partial charge in [-0.2, -0.15) is 0 Å². The number of nitrogens with zero attached hydrogens (tertiary/aromatic N) is 3. The van der Waals surface area contributed by atoms with Crippen LogP contribution in [-0.4, -0.2) is 68.5 Å². The fourth-order valence-electron chi connectivity index (χ4n) is 5.37. The van der Waals surface area contributed by atoms with Gasteiger partial charge >= 0.3 is 6.09 Å². The summed E-state index contributed by atoms with van der Waals surface area (Å²) >= 11 is 23.8. The molecule has 1 saturated heterocycles. The second kappa shape index (κ2) is 23.1. The number of nitrogens with two attached hydrogens (primary N) is 3. The van der Waals surface area contributed by atoms with Crippen LogP contribution in [0, 0.1) is 0 Å². The lowest BCUT2D eigenvalue weighted by atomic mass is 10.0. The average molecular weight is 892 g/mol. The van der Waals surface area contributed by atoms with Crippen molar-refractivity contribution >= 4 is 107 Å². The van der Waals surface area contributed by atoms with Crippen molar-refractivity contribution in [2.45, 2.75) is 56.9 Å². The van der Waals surface area contributed by atoms with E-state index in [1.807, 2.05) is 0 Å². The van der Waals surface area contributed by atoms with Crippen molar-refractivity contribution in [1.29, 1.82) is 0 Å². The molecule has 3 heterocycles. The molecule has 0 radical (unpaired) electrons. The van der Waals surface area contributed by atoms with Gasteiger partial charge in [0.05, 0.1) is 26.1 Å². The third-order valence-electron chi connectivity index (χ3n) is 8.26. The van der Waals surface area contributed by atoms with Crippen LogP contribution in [0.25, 0.3) is 0 Å². The van der Waals surface area contributed by atoms with Gasteiger partial charge in [-0.15, -0.1) is 24.8 Å². The minimum Gasteiger partial charge on any atom is -0.465 e. The second-order valence-electron chi connectivity index (χ2n) is 12.3. The van der Waals surface area contributed by atoms with E-state index < -0.39 is 36.0 Å². The SMILES string of the molecule is Cl.Cl.Nc1ccc(CNC(=O)[C@@H](N)Cc2ccc(Cl)c(Cl)c2)cn1.Nc1ccc(CNC(=O)[C@H](Cc2ccc(Cl)c(Cl)c2)NC(=O)[C@H]2CCCN2C(=O)O)cn1. The lowest BCUT2D eigenvalue weighted by molar-refractivity contribution is -0.131. The van der Waals surface area contributed by atoms with Crippen molar-refractivity contribution < 1.29 is 24.3 Å². The number of pyridine rings is 2. The molecule has 2 aromatic carbocycles. The van der Waals surface area contributed by atoms with Crippen LogP contribution in [0.5, 0.6) is 0 Å². The number of nitrogens with one attached hydrogen (secondary N) is 3. The Morgan fingerprint density at radius 3 is 1.68 bits per heavy atom. The number of aromatic nitrogens is 2. The summed E-state index contributed by atoms with van der Waals surface area (Å²) in [6.45, 7) is 0.812. The van der Waals surface area contributed by atoms with Gasteiger partial charge in [-0.1, -0.05) is 70.7 Å². The number of rotatable bonds is 12. The van der Waals surface area contributed by atoms with Crippen LogP contribution in [0.1, 0.15) is 35.1 Å². The number of carbonyl (C=O) groups excluding carboxylic acids is 3. The molecular weight excluding hydrogens is 851 g/mol. The molecule has 4 amide bonds. The first kappa shape index (κ1) is 47.9. The molecule has 10 N–H and O–H groups in total. The number of carboxylic acid groups (broad SMARTS) is 1. The maximum Gasteiger partial charge on any atom is 0.407 e. The fourth-order valence-corrected chi connectivity index (χ4v) is 6.02. The highest BCUT2D eigenvalue weighted by Gasteiger charge is 2.36. The van der Waals surface area contributed by atoms with E-state index in [2.05, 4.69) is 25.9 Å². The van der Waals surface area contributed by atoms with E-state index in [0.717, 1.165) is 21.6 Å². The molecule has 0 spiro atoms. The molecule has 0 saturated carbocycles. The maximum absolute atomic E-state index is 12.9. The zero-order valence-corrected chi connectivity index (χ0v) is 34.2. The van der Waals surface area contributed by atoms with E-state index in [9.17, 15) is 24.3 Å². The lowest BCUT2D eigenvalue weighted by Crippen LogP contribution is -2.53. The standard InChI is InChI=1S/C21H23Cl2N5O4.C15H16Cl2N4O.2ClH/c22-14-5-3-12(8-15(14)23)9-16(19(29)26-11-13-4-6-18(24)25-10-13)27-20(30)17-2-1-7-28(17)21(31)32;16-11-3-1-9(5-12(11)17)6-13(18)15(22)21-8-10-2-4-14(19)20-7-10;;/h3-6,8,10,16-17H,1-2,7,9,11H2,(H2,24,25)(H,26,29)(H,27,30)(H,31,32);1-5,7,13H,6,8,18H2,(H2,19,20)(H,21,22);2*1H/t16-,17+;13-;;/m00../s1. The molecule has 0 aliphatic carbocycles. The number of hydrogen-bond donors (Lipinski definition) is 7. The first-order valence-electron chi connectivity index (χ1n) is 16.6.